The van der Waals surface area contributed by atoms with Crippen molar-refractivity contribution in [2.75, 3.05) is 6.61 Å². The second-order valence-electron chi connectivity index (χ2n) is 8.70. The molecule has 1 aromatic heterocycles. The molecule has 12 nitrogen and oxygen atoms in total. The van der Waals surface area contributed by atoms with Crippen LogP contribution < -0.4 is 21.7 Å². The fraction of sp³-hybridized carbons (Fsp3) is 0.478. The largest absolute Gasteiger partial charge is 0.480 e. The van der Waals surface area contributed by atoms with Crippen molar-refractivity contribution in [3.63, 3.8) is 0 Å². The number of aromatic amines is 1. The normalized spacial score (nSPS) is 15.6. The molecule has 0 radical (unpaired) electrons. The third-order valence-corrected chi connectivity index (χ3v) is 5.61. The van der Waals surface area contributed by atoms with Crippen molar-refractivity contribution in [1.82, 2.24) is 20.9 Å². The summed E-state index contributed by atoms with van der Waals surface area (Å²) < 4.78 is 0. The van der Waals surface area contributed by atoms with E-state index in [-0.39, 0.29) is 12.3 Å². The number of para-hydroxylation sites is 1. The predicted octanol–water partition coefficient (Wildman–Crippen LogP) is -1.39. The monoisotopic (exact) mass is 491 g/mol. The minimum Gasteiger partial charge on any atom is -0.480 e. The number of aliphatic carboxylic acids is 1. The SMILES string of the molecule is CC(C)C(N)C(=O)NC(Cc1c[nH]c2ccccc12)C(=O)NC(CO)C(=O)NC(C(=O)O)C(C)O. The van der Waals surface area contributed by atoms with Crippen LogP contribution in [-0.2, 0) is 25.6 Å². The van der Waals surface area contributed by atoms with E-state index in [0.29, 0.717) is 0 Å². The predicted molar refractivity (Wildman–Crippen MR) is 127 cm³/mol. The molecule has 0 saturated heterocycles. The van der Waals surface area contributed by atoms with Crippen LogP contribution >= 0.6 is 0 Å². The molecule has 35 heavy (non-hydrogen) atoms. The van der Waals surface area contributed by atoms with Gasteiger partial charge in [0.25, 0.3) is 0 Å². The van der Waals surface area contributed by atoms with E-state index in [2.05, 4.69) is 20.9 Å². The molecule has 2 aromatic rings. The molecular formula is C23H33N5O7. The molecule has 0 aliphatic rings. The van der Waals surface area contributed by atoms with E-state index in [9.17, 15) is 29.4 Å². The van der Waals surface area contributed by atoms with Gasteiger partial charge in [-0.25, -0.2) is 4.79 Å². The molecule has 12 heteroatoms. The van der Waals surface area contributed by atoms with Crippen LogP contribution in [0.5, 0.6) is 0 Å². The maximum atomic E-state index is 13.1. The molecule has 0 spiro atoms. The molecular weight excluding hydrogens is 458 g/mol. The number of aliphatic hydroxyl groups is 2. The first-order valence-corrected chi connectivity index (χ1v) is 11.2. The Balaban J connectivity index is 2.25. The molecule has 1 aromatic carbocycles. The van der Waals surface area contributed by atoms with E-state index < -0.39 is 60.6 Å². The lowest BCUT2D eigenvalue weighted by molar-refractivity contribution is -0.145. The van der Waals surface area contributed by atoms with Gasteiger partial charge in [-0.2, -0.15) is 0 Å². The van der Waals surface area contributed by atoms with E-state index in [1.165, 1.54) is 6.92 Å². The molecule has 1 heterocycles. The maximum Gasteiger partial charge on any atom is 0.328 e. The van der Waals surface area contributed by atoms with Crippen LogP contribution in [0.4, 0.5) is 0 Å². The number of rotatable bonds is 12. The number of nitrogens with one attached hydrogen (secondary N) is 4. The molecule has 0 aliphatic carbocycles. The molecule has 0 fully saturated rings. The maximum absolute atomic E-state index is 13.1. The number of hydrogen-bond donors (Lipinski definition) is 8. The van der Waals surface area contributed by atoms with Crippen molar-refractivity contribution in [3.8, 4) is 0 Å². The van der Waals surface area contributed by atoms with E-state index in [1.54, 1.807) is 20.0 Å². The third-order valence-electron chi connectivity index (χ3n) is 5.61. The third kappa shape index (κ3) is 7.25. The number of carbonyl (C=O) groups excluding carboxylic acids is 3. The summed E-state index contributed by atoms with van der Waals surface area (Å²) in [5.74, 6) is -4.03. The average Bonchev–Trinajstić information content (AvgIpc) is 3.21. The number of carboxylic acid groups (broad SMARTS) is 1. The number of aliphatic hydroxyl groups excluding tert-OH is 2. The summed E-state index contributed by atoms with van der Waals surface area (Å²) in [6, 6.07) is 2.18. The van der Waals surface area contributed by atoms with Crippen LogP contribution in [0.1, 0.15) is 26.3 Å². The van der Waals surface area contributed by atoms with E-state index in [1.807, 2.05) is 24.3 Å². The Bertz CT molecular complexity index is 1050. The summed E-state index contributed by atoms with van der Waals surface area (Å²) in [7, 11) is 0. The lowest BCUT2D eigenvalue weighted by atomic mass is 10.0. The smallest absolute Gasteiger partial charge is 0.328 e. The molecule has 0 aliphatic heterocycles. The van der Waals surface area contributed by atoms with Gasteiger partial charge in [0.05, 0.1) is 18.8 Å². The molecule has 5 atom stereocenters. The van der Waals surface area contributed by atoms with Gasteiger partial charge in [-0.15, -0.1) is 0 Å². The molecule has 9 N–H and O–H groups in total. The van der Waals surface area contributed by atoms with Gasteiger partial charge in [-0.05, 0) is 24.5 Å². The topological polar surface area (TPSA) is 207 Å². The van der Waals surface area contributed by atoms with Gasteiger partial charge in [0.15, 0.2) is 6.04 Å². The summed E-state index contributed by atoms with van der Waals surface area (Å²) in [5, 5.41) is 36.3. The van der Waals surface area contributed by atoms with Crippen LogP contribution in [0.25, 0.3) is 10.9 Å². The van der Waals surface area contributed by atoms with Crippen LogP contribution in [0.2, 0.25) is 0 Å². The number of carbonyl (C=O) groups is 4. The Morgan fingerprint density at radius 3 is 2.14 bits per heavy atom. The summed E-state index contributed by atoms with van der Waals surface area (Å²) in [4.78, 5) is 52.6. The first kappa shape index (κ1) is 27.8. The number of aromatic nitrogens is 1. The van der Waals surface area contributed by atoms with Crippen LogP contribution in [0.3, 0.4) is 0 Å². The molecule has 3 amide bonds. The highest BCUT2D eigenvalue weighted by Crippen LogP contribution is 2.19. The van der Waals surface area contributed by atoms with Crippen molar-refractivity contribution in [1.29, 1.82) is 0 Å². The van der Waals surface area contributed by atoms with Crippen molar-refractivity contribution in [3.05, 3.63) is 36.0 Å². The Morgan fingerprint density at radius 1 is 0.971 bits per heavy atom. The highest BCUT2D eigenvalue weighted by Gasteiger charge is 2.32. The number of carboxylic acids is 1. The summed E-state index contributed by atoms with van der Waals surface area (Å²) in [6.07, 6.45) is 0.339. The Morgan fingerprint density at radius 2 is 1.57 bits per heavy atom. The highest BCUT2D eigenvalue weighted by atomic mass is 16.4. The number of benzene rings is 1. The van der Waals surface area contributed by atoms with Gasteiger partial charge in [0.1, 0.15) is 12.1 Å². The number of H-pyrrole nitrogens is 1. The number of amides is 3. The zero-order valence-corrected chi connectivity index (χ0v) is 19.8. The molecule has 0 bridgehead atoms. The average molecular weight is 492 g/mol. The van der Waals surface area contributed by atoms with Gasteiger partial charge >= 0.3 is 5.97 Å². The summed E-state index contributed by atoms with van der Waals surface area (Å²) >= 11 is 0. The van der Waals surface area contributed by atoms with E-state index in [0.717, 1.165) is 16.5 Å². The van der Waals surface area contributed by atoms with Crippen LogP contribution in [0, 0.1) is 5.92 Å². The van der Waals surface area contributed by atoms with Crippen molar-refractivity contribution < 1.29 is 34.5 Å². The second-order valence-corrected chi connectivity index (χ2v) is 8.70. The number of nitrogens with two attached hydrogens (primary N) is 1. The standard InChI is InChI=1S/C23H33N5O7/c1-11(2)18(24)22(33)26-16(8-13-9-25-15-7-5-4-6-14(13)15)20(31)27-17(10-29)21(32)28-19(12(3)30)23(34)35/h4-7,9,11-12,16-19,25,29-30H,8,10,24H2,1-3H3,(H,26,33)(H,27,31)(H,28,32)(H,34,35). The highest BCUT2D eigenvalue weighted by molar-refractivity contribution is 5.95. The molecule has 2 rings (SSSR count). The van der Waals surface area contributed by atoms with Crippen LogP contribution in [-0.4, -0.2) is 80.9 Å². The summed E-state index contributed by atoms with van der Waals surface area (Å²) in [6.45, 7) is 3.84. The van der Waals surface area contributed by atoms with Crippen molar-refractivity contribution in [2.45, 2.75) is 57.5 Å². The van der Waals surface area contributed by atoms with Crippen LogP contribution in [0.15, 0.2) is 30.5 Å². The van der Waals surface area contributed by atoms with Gasteiger partial charge in [0, 0.05) is 23.5 Å². The lowest BCUT2D eigenvalue weighted by Gasteiger charge is -2.25. The lowest BCUT2D eigenvalue weighted by Crippen LogP contribution is -2.59. The van der Waals surface area contributed by atoms with Gasteiger partial charge < -0.3 is 42.0 Å². The quantitative estimate of drug-likeness (QED) is 0.177. The fourth-order valence-corrected chi connectivity index (χ4v) is 3.41. The minimum atomic E-state index is -1.64. The second kappa shape index (κ2) is 12.3. The van der Waals surface area contributed by atoms with Gasteiger partial charge in [-0.1, -0.05) is 32.0 Å². The minimum absolute atomic E-state index is 0.0532. The number of fused-ring (bicyclic) bond motifs is 1. The van der Waals surface area contributed by atoms with Crippen molar-refractivity contribution in [2.24, 2.45) is 11.7 Å². The summed E-state index contributed by atoms with van der Waals surface area (Å²) in [5.41, 5.74) is 7.48. The van der Waals surface area contributed by atoms with E-state index in [4.69, 9.17) is 10.8 Å². The Kier molecular flexibility index (Phi) is 9.75. The zero-order chi connectivity index (χ0) is 26.3. The van der Waals surface area contributed by atoms with Gasteiger partial charge in [-0.3, -0.25) is 14.4 Å². The first-order valence-electron chi connectivity index (χ1n) is 11.2. The first-order chi connectivity index (χ1) is 16.5. The van der Waals surface area contributed by atoms with Crippen molar-refractivity contribution >= 4 is 34.6 Å². The fourth-order valence-electron chi connectivity index (χ4n) is 3.41. The molecule has 5 unspecified atom stereocenters. The Labute approximate surface area is 202 Å². The zero-order valence-electron chi connectivity index (χ0n) is 19.8. The molecule has 192 valence electrons. The van der Waals surface area contributed by atoms with E-state index >= 15 is 0 Å². The van der Waals surface area contributed by atoms with Gasteiger partial charge in [0.2, 0.25) is 17.7 Å². The number of hydrogen-bond acceptors (Lipinski definition) is 7. The molecule has 0 saturated carbocycles. The Hall–Kier alpha value is -3.48.